The highest BCUT2D eigenvalue weighted by molar-refractivity contribution is 4.84. The Kier molecular flexibility index (Phi) is 1.60. The number of ether oxygens (including phenoxy) is 1. The molecule has 1 aliphatic rings. The van der Waals surface area contributed by atoms with Crippen LogP contribution in [0.5, 0.6) is 0 Å². The summed E-state index contributed by atoms with van der Waals surface area (Å²) in [6.45, 7) is 3.21. The van der Waals surface area contributed by atoms with Gasteiger partial charge in [-0.3, -0.25) is 0 Å². The molecule has 1 unspecified atom stereocenters. The fraction of sp³-hybridized carbons (Fsp3) is 1.00. The molecule has 0 aromatic carbocycles. The summed E-state index contributed by atoms with van der Waals surface area (Å²) in [4.78, 5) is 2.65. The Bertz CT molecular complexity index is 146. The lowest BCUT2D eigenvalue weighted by Crippen LogP contribution is -2.43. The van der Waals surface area contributed by atoms with E-state index >= 15 is 0 Å². The van der Waals surface area contributed by atoms with E-state index in [2.05, 4.69) is 10.0 Å². The topological polar surface area (TPSA) is 58.0 Å². The van der Waals surface area contributed by atoms with Crippen LogP contribution in [0, 0.1) is 0 Å². The van der Waals surface area contributed by atoms with Gasteiger partial charge in [0.2, 0.25) is 0 Å². The average Bonchev–Trinajstić information content (AvgIpc) is 1.79. The highest BCUT2D eigenvalue weighted by Crippen LogP contribution is 2.25. The first-order chi connectivity index (χ1) is 4.27. The standard InChI is InChI=1S/C5H9N3O/c1-5(2-3-9-5)4-7-8-6/h2-4H2,1H3. The van der Waals surface area contributed by atoms with Crippen molar-refractivity contribution in [3.8, 4) is 0 Å². The van der Waals surface area contributed by atoms with Crippen LogP contribution in [-0.4, -0.2) is 18.8 Å². The molecule has 1 aliphatic heterocycles. The van der Waals surface area contributed by atoms with Crippen LogP contribution in [-0.2, 0) is 4.74 Å². The zero-order chi connectivity index (χ0) is 6.74. The molecule has 4 heteroatoms. The van der Waals surface area contributed by atoms with E-state index in [1.54, 1.807) is 0 Å². The number of hydrogen-bond donors (Lipinski definition) is 0. The zero-order valence-corrected chi connectivity index (χ0v) is 5.37. The van der Waals surface area contributed by atoms with Crippen molar-refractivity contribution in [2.24, 2.45) is 5.11 Å². The maximum Gasteiger partial charge on any atom is 0.0732 e. The first-order valence-corrected chi connectivity index (χ1v) is 2.92. The van der Waals surface area contributed by atoms with Crippen LogP contribution in [0.1, 0.15) is 13.3 Å². The van der Waals surface area contributed by atoms with Gasteiger partial charge in [-0.2, -0.15) is 0 Å². The van der Waals surface area contributed by atoms with Gasteiger partial charge < -0.3 is 4.74 Å². The maximum absolute atomic E-state index is 7.95. The SMILES string of the molecule is CC1(CN=[N+]=[N-])CCO1. The van der Waals surface area contributed by atoms with Gasteiger partial charge in [-0.15, -0.1) is 0 Å². The van der Waals surface area contributed by atoms with Crippen LogP contribution in [0.15, 0.2) is 5.11 Å². The average molecular weight is 127 g/mol. The summed E-state index contributed by atoms with van der Waals surface area (Å²) in [7, 11) is 0. The molecule has 0 aromatic heterocycles. The molecule has 0 aliphatic carbocycles. The van der Waals surface area contributed by atoms with E-state index < -0.39 is 0 Å². The Morgan fingerprint density at radius 2 is 2.56 bits per heavy atom. The highest BCUT2D eigenvalue weighted by Gasteiger charge is 2.31. The van der Waals surface area contributed by atoms with Gasteiger partial charge in [-0.25, -0.2) is 0 Å². The van der Waals surface area contributed by atoms with Gasteiger partial charge in [0, 0.05) is 4.91 Å². The van der Waals surface area contributed by atoms with Crippen LogP contribution in [0.2, 0.25) is 0 Å². The molecule has 0 aromatic rings. The van der Waals surface area contributed by atoms with Crippen molar-refractivity contribution in [2.75, 3.05) is 13.2 Å². The molecule has 1 rings (SSSR count). The molecular formula is C5H9N3O. The molecule has 0 bridgehead atoms. The zero-order valence-electron chi connectivity index (χ0n) is 5.37. The number of rotatable bonds is 2. The summed E-state index contributed by atoms with van der Waals surface area (Å²) in [6, 6.07) is 0. The Hall–Kier alpha value is -0.730. The molecule has 0 saturated carbocycles. The van der Waals surface area contributed by atoms with Gasteiger partial charge in [0.05, 0.1) is 18.8 Å². The van der Waals surface area contributed by atoms with Gasteiger partial charge in [0.25, 0.3) is 0 Å². The number of azide groups is 1. The molecule has 9 heavy (non-hydrogen) atoms. The fourth-order valence-electron chi connectivity index (χ4n) is 0.756. The molecular weight excluding hydrogens is 118 g/mol. The Labute approximate surface area is 53.4 Å². The summed E-state index contributed by atoms with van der Waals surface area (Å²) in [5.74, 6) is 0. The molecule has 50 valence electrons. The van der Waals surface area contributed by atoms with Crippen molar-refractivity contribution in [1.82, 2.24) is 0 Å². The first kappa shape index (κ1) is 6.39. The van der Waals surface area contributed by atoms with Crippen LogP contribution < -0.4 is 0 Å². The second-order valence-electron chi connectivity index (χ2n) is 2.44. The van der Waals surface area contributed by atoms with Crippen LogP contribution in [0.25, 0.3) is 10.4 Å². The van der Waals surface area contributed by atoms with Crippen molar-refractivity contribution in [2.45, 2.75) is 18.9 Å². The van der Waals surface area contributed by atoms with Crippen LogP contribution in [0.4, 0.5) is 0 Å². The lowest BCUT2D eigenvalue weighted by atomic mass is 9.98. The van der Waals surface area contributed by atoms with E-state index in [0.29, 0.717) is 6.54 Å². The predicted octanol–water partition coefficient (Wildman–Crippen LogP) is 1.48. The largest absolute Gasteiger partial charge is 0.375 e. The lowest BCUT2D eigenvalue weighted by Gasteiger charge is -2.37. The molecule has 0 radical (unpaired) electrons. The van der Waals surface area contributed by atoms with E-state index in [4.69, 9.17) is 10.3 Å². The minimum Gasteiger partial charge on any atom is -0.375 e. The third-order valence-corrected chi connectivity index (χ3v) is 1.55. The molecule has 4 nitrogen and oxygen atoms in total. The van der Waals surface area contributed by atoms with E-state index in [0.717, 1.165) is 13.0 Å². The minimum atomic E-state index is -0.147. The quantitative estimate of drug-likeness (QED) is 0.315. The Balaban J connectivity index is 2.32. The number of hydrogen-bond acceptors (Lipinski definition) is 2. The van der Waals surface area contributed by atoms with E-state index in [-0.39, 0.29) is 5.60 Å². The van der Waals surface area contributed by atoms with Crippen molar-refractivity contribution in [1.29, 1.82) is 0 Å². The molecule has 1 fully saturated rings. The molecule has 0 N–H and O–H groups in total. The second-order valence-corrected chi connectivity index (χ2v) is 2.44. The summed E-state index contributed by atoms with van der Waals surface area (Å²) in [5, 5.41) is 3.42. The number of nitrogens with zero attached hydrogens (tertiary/aromatic N) is 3. The second kappa shape index (κ2) is 2.25. The predicted molar refractivity (Wildman–Crippen MR) is 33.0 cm³/mol. The highest BCUT2D eigenvalue weighted by atomic mass is 16.5. The maximum atomic E-state index is 7.95. The third-order valence-electron chi connectivity index (χ3n) is 1.55. The Morgan fingerprint density at radius 3 is 2.89 bits per heavy atom. The van der Waals surface area contributed by atoms with Crippen LogP contribution in [0.3, 0.4) is 0 Å². The fourth-order valence-corrected chi connectivity index (χ4v) is 0.756. The van der Waals surface area contributed by atoms with Gasteiger partial charge >= 0.3 is 0 Å². The molecule has 0 spiro atoms. The van der Waals surface area contributed by atoms with E-state index in [1.807, 2.05) is 6.92 Å². The van der Waals surface area contributed by atoms with E-state index in [9.17, 15) is 0 Å². The van der Waals surface area contributed by atoms with Crippen molar-refractivity contribution in [3.63, 3.8) is 0 Å². The van der Waals surface area contributed by atoms with Gasteiger partial charge in [-0.1, -0.05) is 5.11 Å². The summed E-state index contributed by atoms with van der Waals surface area (Å²) in [6.07, 6.45) is 1.01. The first-order valence-electron chi connectivity index (χ1n) is 2.92. The van der Waals surface area contributed by atoms with Gasteiger partial charge in [0.1, 0.15) is 0 Å². The normalized spacial score (nSPS) is 32.6. The van der Waals surface area contributed by atoms with Crippen molar-refractivity contribution in [3.05, 3.63) is 10.4 Å². The summed E-state index contributed by atoms with van der Waals surface area (Å²) < 4.78 is 5.16. The summed E-state index contributed by atoms with van der Waals surface area (Å²) in [5.41, 5.74) is 7.81. The van der Waals surface area contributed by atoms with Gasteiger partial charge in [-0.05, 0) is 18.9 Å². The van der Waals surface area contributed by atoms with E-state index in [1.165, 1.54) is 0 Å². The van der Waals surface area contributed by atoms with Gasteiger partial charge in [0.15, 0.2) is 0 Å². The molecule has 1 atom stereocenters. The third kappa shape index (κ3) is 1.34. The minimum absolute atomic E-state index is 0.147. The monoisotopic (exact) mass is 127 g/mol. The van der Waals surface area contributed by atoms with Crippen molar-refractivity contribution < 1.29 is 4.74 Å². The molecule has 1 heterocycles. The molecule has 1 saturated heterocycles. The lowest BCUT2D eigenvalue weighted by molar-refractivity contribution is -0.126. The smallest absolute Gasteiger partial charge is 0.0732 e. The van der Waals surface area contributed by atoms with Crippen LogP contribution >= 0.6 is 0 Å². The Morgan fingerprint density at radius 1 is 1.89 bits per heavy atom. The molecule has 0 amide bonds. The van der Waals surface area contributed by atoms with Crippen molar-refractivity contribution >= 4 is 0 Å². The summed E-state index contributed by atoms with van der Waals surface area (Å²) >= 11 is 0.